The van der Waals surface area contributed by atoms with Crippen molar-refractivity contribution in [1.29, 1.82) is 0 Å². The second-order valence-electron chi connectivity index (χ2n) is 7.01. The Labute approximate surface area is 155 Å². The van der Waals surface area contributed by atoms with E-state index in [0.29, 0.717) is 26.0 Å². The summed E-state index contributed by atoms with van der Waals surface area (Å²) in [7, 11) is 0. The van der Waals surface area contributed by atoms with Crippen LogP contribution >= 0.6 is 0 Å². The van der Waals surface area contributed by atoms with E-state index in [9.17, 15) is 14.7 Å². The lowest BCUT2D eigenvalue weighted by Crippen LogP contribution is -2.42. The maximum atomic E-state index is 12.0. The Kier molecular flexibility index (Phi) is 7.60. The molecule has 6 heteroatoms. The van der Waals surface area contributed by atoms with E-state index in [1.165, 1.54) is 6.92 Å². The Morgan fingerprint density at radius 3 is 2.58 bits per heavy atom. The van der Waals surface area contributed by atoms with Crippen molar-refractivity contribution >= 4 is 11.8 Å². The normalized spacial score (nSPS) is 26.0. The highest BCUT2D eigenvalue weighted by atomic mass is 16.5. The molecule has 26 heavy (non-hydrogen) atoms. The summed E-state index contributed by atoms with van der Waals surface area (Å²) in [5.74, 6) is -0.267. The van der Waals surface area contributed by atoms with E-state index in [1.54, 1.807) is 0 Å². The number of benzene rings is 1. The zero-order valence-electron chi connectivity index (χ0n) is 15.7. The molecule has 0 bridgehead atoms. The van der Waals surface area contributed by atoms with Gasteiger partial charge in [-0.2, -0.15) is 0 Å². The van der Waals surface area contributed by atoms with Gasteiger partial charge in [-0.05, 0) is 38.2 Å². The first kappa shape index (κ1) is 20.4. The molecule has 0 aliphatic heterocycles. The van der Waals surface area contributed by atoms with Crippen LogP contribution < -0.4 is 10.6 Å². The molecule has 0 saturated heterocycles. The van der Waals surface area contributed by atoms with Crippen LogP contribution in [-0.2, 0) is 19.7 Å². The minimum Gasteiger partial charge on any atom is -0.391 e. The fourth-order valence-corrected chi connectivity index (χ4v) is 3.68. The number of rotatable bonds is 7. The fourth-order valence-electron chi connectivity index (χ4n) is 3.68. The van der Waals surface area contributed by atoms with Gasteiger partial charge in [0.05, 0.1) is 12.1 Å². The first-order chi connectivity index (χ1) is 12.5. The van der Waals surface area contributed by atoms with Gasteiger partial charge in [-0.15, -0.1) is 0 Å². The van der Waals surface area contributed by atoms with Gasteiger partial charge in [-0.25, -0.2) is 0 Å². The Morgan fingerprint density at radius 1 is 1.23 bits per heavy atom. The van der Waals surface area contributed by atoms with E-state index < -0.39 is 6.10 Å². The van der Waals surface area contributed by atoms with Crippen LogP contribution in [0.4, 0.5) is 0 Å². The van der Waals surface area contributed by atoms with Gasteiger partial charge >= 0.3 is 0 Å². The van der Waals surface area contributed by atoms with Crippen LogP contribution in [0.1, 0.15) is 45.1 Å². The topological polar surface area (TPSA) is 87.7 Å². The van der Waals surface area contributed by atoms with E-state index in [0.717, 1.165) is 18.4 Å². The second-order valence-corrected chi connectivity index (χ2v) is 7.01. The molecule has 1 fully saturated rings. The van der Waals surface area contributed by atoms with Gasteiger partial charge in [0, 0.05) is 25.5 Å². The lowest BCUT2D eigenvalue weighted by molar-refractivity contribution is -0.125. The van der Waals surface area contributed by atoms with Crippen molar-refractivity contribution in [3.63, 3.8) is 0 Å². The summed E-state index contributed by atoms with van der Waals surface area (Å²) in [6.07, 6.45) is 2.17. The number of carbonyl (C=O) groups is 2. The third kappa shape index (κ3) is 5.54. The number of ether oxygens (including phenoxy) is 1. The van der Waals surface area contributed by atoms with Crippen molar-refractivity contribution in [2.45, 2.75) is 57.1 Å². The first-order valence-electron chi connectivity index (χ1n) is 9.32. The molecule has 1 aromatic carbocycles. The Balaban J connectivity index is 2.16. The van der Waals surface area contributed by atoms with Gasteiger partial charge in [-0.3, -0.25) is 9.59 Å². The number of nitrogens with one attached hydrogen (secondary N) is 2. The first-order valence-corrected chi connectivity index (χ1v) is 9.32. The van der Waals surface area contributed by atoms with Crippen molar-refractivity contribution in [3.05, 3.63) is 35.9 Å². The van der Waals surface area contributed by atoms with Crippen molar-refractivity contribution in [3.8, 4) is 0 Å². The number of amides is 2. The number of aliphatic hydroxyl groups excluding tert-OH is 1. The monoisotopic (exact) mass is 362 g/mol. The average Bonchev–Trinajstić information content (AvgIpc) is 2.79. The van der Waals surface area contributed by atoms with E-state index in [-0.39, 0.29) is 29.9 Å². The van der Waals surface area contributed by atoms with Crippen LogP contribution in [0.3, 0.4) is 0 Å². The smallest absolute Gasteiger partial charge is 0.246 e. The Hall–Kier alpha value is -1.92. The fraction of sp³-hybridized carbons (Fsp3) is 0.600. The van der Waals surface area contributed by atoms with E-state index in [4.69, 9.17) is 4.74 Å². The molecule has 0 heterocycles. The lowest BCUT2D eigenvalue weighted by atomic mass is 9.74. The molecule has 1 saturated carbocycles. The van der Waals surface area contributed by atoms with Gasteiger partial charge in [-0.1, -0.05) is 30.3 Å². The molecule has 0 radical (unpaired) electrons. The molecular weight excluding hydrogens is 332 g/mol. The number of aliphatic hydroxyl groups is 1. The molecule has 0 unspecified atom stereocenters. The predicted octanol–water partition coefficient (Wildman–Crippen LogP) is 1.52. The highest BCUT2D eigenvalue weighted by Gasteiger charge is 2.38. The Morgan fingerprint density at radius 2 is 1.92 bits per heavy atom. The summed E-state index contributed by atoms with van der Waals surface area (Å²) in [5.41, 5.74) is 0.879. The number of hydrogen-bond donors (Lipinski definition) is 3. The molecule has 6 nitrogen and oxygen atoms in total. The number of hydrogen-bond acceptors (Lipinski definition) is 4. The standard InChI is InChI=1S/C20H30N2O4/c1-3-26-13-19(25)21-14-20(16-7-5-4-6-8-16)11-9-17(22-15(2)23)18(24)10-12-20/h4-8,17-18,24H,3,9-14H2,1-2H3,(H,21,25)(H,22,23)/t17-,18-,20-/m0/s1. The average molecular weight is 362 g/mol. The second kappa shape index (κ2) is 9.69. The molecule has 1 aliphatic carbocycles. The number of carbonyl (C=O) groups excluding carboxylic acids is 2. The van der Waals surface area contributed by atoms with Crippen molar-refractivity contribution in [2.75, 3.05) is 19.8 Å². The van der Waals surface area contributed by atoms with Gasteiger partial charge in [0.15, 0.2) is 0 Å². The largest absolute Gasteiger partial charge is 0.391 e. The van der Waals surface area contributed by atoms with Gasteiger partial charge in [0.2, 0.25) is 11.8 Å². The zero-order chi connectivity index (χ0) is 19.0. The third-order valence-electron chi connectivity index (χ3n) is 5.15. The predicted molar refractivity (Wildman–Crippen MR) is 99.7 cm³/mol. The highest BCUT2D eigenvalue weighted by Crippen LogP contribution is 2.38. The summed E-state index contributed by atoms with van der Waals surface area (Å²) in [6.45, 7) is 4.37. The molecule has 1 aliphatic rings. The molecule has 3 N–H and O–H groups in total. The van der Waals surface area contributed by atoms with Gasteiger partial charge in [0.1, 0.15) is 6.61 Å². The van der Waals surface area contributed by atoms with Crippen LogP contribution in [0.25, 0.3) is 0 Å². The summed E-state index contributed by atoms with van der Waals surface area (Å²) in [5, 5.41) is 16.3. The molecule has 2 amide bonds. The summed E-state index contributed by atoms with van der Waals surface area (Å²) in [4.78, 5) is 23.5. The molecule has 1 aromatic rings. The molecule has 3 atom stereocenters. The van der Waals surface area contributed by atoms with Crippen LogP contribution in [0.15, 0.2) is 30.3 Å². The molecule has 0 spiro atoms. The quantitative estimate of drug-likeness (QED) is 0.642. The van der Waals surface area contributed by atoms with E-state index >= 15 is 0 Å². The minimum absolute atomic E-state index is 0.0541. The highest BCUT2D eigenvalue weighted by molar-refractivity contribution is 5.77. The summed E-state index contributed by atoms with van der Waals surface area (Å²) < 4.78 is 5.18. The van der Waals surface area contributed by atoms with Crippen LogP contribution in [0, 0.1) is 0 Å². The molecule has 2 rings (SSSR count). The third-order valence-corrected chi connectivity index (χ3v) is 5.15. The van der Waals surface area contributed by atoms with E-state index in [1.807, 2.05) is 25.1 Å². The molecular formula is C20H30N2O4. The Bertz CT molecular complexity index is 593. The maximum absolute atomic E-state index is 12.0. The van der Waals surface area contributed by atoms with Crippen molar-refractivity contribution in [2.24, 2.45) is 0 Å². The lowest BCUT2D eigenvalue weighted by Gasteiger charge is -2.34. The van der Waals surface area contributed by atoms with Crippen molar-refractivity contribution < 1.29 is 19.4 Å². The van der Waals surface area contributed by atoms with Crippen LogP contribution in [0.5, 0.6) is 0 Å². The van der Waals surface area contributed by atoms with E-state index in [2.05, 4.69) is 22.8 Å². The summed E-state index contributed by atoms with van der Waals surface area (Å²) >= 11 is 0. The van der Waals surface area contributed by atoms with Crippen molar-refractivity contribution in [1.82, 2.24) is 10.6 Å². The maximum Gasteiger partial charge on any atom is 0.246 e. The SMILES string of the molecule is CCOCC(=O)NC[C@]1(c2ccccc2)CC[C@H](NC(C)=O)[C@@H](O)CC1. The minimum atomic E-state index is -0.580. The zero-order valence-corrected chi connectivity index (χ0v) is 15.7. The molecule has 144 valence electrons. The van der Waals surface area contributed by atoms with Crippen LogP contribution in [0.2, 0.25) is 0 Å². The van der Waals surface area contributed by atoms with Crippen LogP contribution in [-0.4, -0.2) is 48.8 Å². The summed E-state index contributed by atoms with van der Waals surface area (Å²) in [6, 6.07) is 9.84. The molecule has 0 aromatic heterocycles. The van der Waals surface area contributed by atoms with Gasteiger partial charge < -0.3 is 20.5 Å². The van der Waals surface area contributed by atoms with Gasteiger partial charge in [0.25, 0.3) is 0 Å².